The average Bonchev–Trinajstić information content (AvgIpc) is 2.70. The summed E-state index contributed by atoms with van der Waals surface area (Å²) < 4.78 is 6.43. The fourth-order valence-electron chi connectivity index (χ4n) is 2.36. The molecule has 0 spiro atoms. The molecule has 5 heteroatoms. The van der Waals surface area contributed by atoms with Crippen molar-refractivity contribution in [1.29, 1.82) is 0 Å². The maximum absolute atomic E-state index is 10.9. The highest BCUT2D eigenvalue weighted by Gasteiger charge is 2.44. The lowest BCUT2D eigenvalue weighted by atomic mass is 9.81. The normalized spacial score (nSPS) is 22.0. The lowest BCUT2D eigenvalue weighted by Gasteiger charge is -2.42. The first-order valence-corrected chi connectivity index (χ1v) is 7.38. The Labute approximate surface area is 124 Å². The van der Waals surface area contributed by atoms with Gasteiger partial charge < -0.3 is 4.74 Å². The number of carbonyl (C=O) groups is 1. The maximum Gasteiger partial charge on any atom is 0.160 e. The van der Waals surface area contributed by atoms with Crippen molar-refractivity contribution in [3.63, 3.8) is 0 Å². The number of hydrogen-bond donors (Lipinski definition) is 0. The zero-order chi connectivity index (χ0) is 13.5. The van der Waals surface area contributed by atoms with E-state index in [1.165, 1.54) is 11.3 Å². The molecule has 1 fully saturated rings. The molecule has 0 N–H and O–H groups in total. The van der Waals surface area contributed by atoms with Gasteiger partial charge in [0.2, 0.25) is 0 Å². The lowest BCUT2D eigenvalue weighted by Crippen LogP contribution is -2.41. The van der Waals surface area contributed by atoms with Gasteiger partial charge in [-0.05, 0) is 23.8 Å². The molecule has 1 saturated heterocycles. The van der Waals surface area contributed by atoms with Crippen molar-refractivity contribution < 1.29 is 9.53 Å². The zero-order valence-electron chi connectivity index (χ0n) is 9.86. The molecule has 1 unspecified atom stereocenters. The molecule has 0 aliphatic carbocycles. The summed E-state index contributed by atoms with van der Waals surface area (Å²) in [5, 5.41) is 0.661. The van der Waals surface area contributed by atoms with Crippen LogP contribution in [-0.2, 0) is 10.3 Å². The molecule has 1 aromatic heterocycles. The third kappa shape index (κ3) is 2.11. The maximum atomic E-state index is 10.9. The van der Waals surface area contributed by atoms with Gasteiger partial charge in [-0.2, -0.15) is 0 Å². The molecule has 1 aliphatic rings. The van der Waals surface area contributed by atoms with Gasteiger partial charge in [-0.25, -0.2) is 0 Å². The van der Waals surface area contributed by atoms with E-state index in [9.17, 15) is 4.79 Å². The van der Waals surface area contributed by atoms with Crippen LogP contribution in [0.3, 0.4) is 0 Å². The molecule has 1 atom stereocenters. The van der Waals surface area contributed by atoms with Crippen molar-refractivity contribution in [1.82, 2.24) is 0 Å². The number of thiophene rings is 1. The minimum atomic E-state index is -0.556. The third-order valence-electron chi connectivity index (χ3n) is 3.35. The Morgan fingerprint density at radius 1 is 1.32 bits per heavy atom. The Bertz CT molecular complexity index is 632. The van der Waals surface area contributed by atoms with Crippen LogP contribution < -0.4 is 0 Å². The van der Waals surface area contributed by atoms with Crippen LogP contribution in [0.4, 0.5) is 0 Å². The second-order valence-corrected chi connectivity index (χ2v) is 6.51. The van der Waals surface area contributed by atoms with Crippen molar-refractivity contribution >= 4 is 40.8 Å². The first-order valence-electron chi connectivity index (χ1n) is 5.81. The zero-order valence-corrected chi connectivity index (χ0v) is 12.2. The van der Waals surface area contributed by atoms with E-state index in [1.54, 1.807) is 6.07 Å². The lowest BCUT2D eigenvalue weighted by molar-refractivity contribution is -0.123. The van der Waals surface area contributed by atoms with Crippen LogP contribution in [0, 0.1) is 0 Å². The van der Waals surface area contributed by atoms with Gasteiger partial charge in [0.05, 0.1) is 15.8 Å². The van der Waals surface area contributed by atoms with E-state index in [1.807, 2.05) is 24.3 Å². The monoisotopic (exact) mass is 312 g/mol. The Morgan fingerprint density at radius 3 is 2.63 bits per heavy atom. The largest absolute Gasteiger partial charge is 0.365 e. The van der Waals surface area contributed by atoms with Gasteiger partial charge in [-0.1, -0.05) is 35.3 Å². The summed E-state index contributed by atoms with van der Waals surface area (Å²) in [7, 11) is 0. The van der Waals surface area contributed by atoms with E-state index in [2.05, 4.69) is 0 Å². The standard InChI is InChI=1S/C14H10Cl2O2S/c15-10-3-1-2-9(6-10)14(4-5-18-14)12-7-11(8-17)19-13(12)16/h1-3,6-8H,4-5H2. The summed E-state index contributed by atoms with van der Waals surface area (Å²) in [5.74, 6) is 0. The van der Waals surface area contributed by atoms with Crippen LogP contribution >= 0.6 is 34.5 Å². The van der Waals surface area contributed by atoms with Crippen LogP contribution in [0.1, 0.15) is 27.2 Å². The van der Waals surface area contributed by atoms with Gasteiger partial charge in [0, 0.05) is 17.0 Å². The molecule has 1 aromatic carbocycles. The van der Waals surface area contributed by atoms with E-state index in [-0.39, 0.29) is 0 Å². The first kappa shape index (κ1) is 13.1. The van der Waals surface area contributed by atoms with Crippen molar-refractivity contribution in [2.45, 2.75) is 12.0 Å². The number of hydrogen-bond acceptors (Lipinski definition) is 3. The number of halogens is 2. The van der Waals surface area contributed by atoms with Gasteiger partial charge in [0.25, 0.3) is 0 Å². The van der Waals surface area contributed by atoms with E-state index in [0.29, 0.717) is 20.8 Å². The van der Waals surface area contributed by atoms with Crippen molar-refractivity contribution in [3.8, 4) is 0 Å². The highest BCUT2D eigenvalue weighted by Crippen LogP contribution is 2.48. The van der Waals surface area contributed by atoms with Gasteiger partial charge >= 0.3 is 0 Å². The quantitative estimate of drug-likeness (QED) is 0.778. The summed E-state index contributed by atoms with van der Waals surface area (Å²) in [6.45, 7) is 0.676. The summed E-state index contributed by atoms with van der Waals surface area (Å²) in [4.78, 5) is 11.5. The van der Waals surface area contributed by atoms with Crippen LogP contribution in [-0.4, -0.2) is 12.9 Å². The van der Waals surface area contributed by atoms with Crippen molar-refractivity contribution in [2.24, 2.45) is 0 Å². The minimum Gasteiger partial charge on any atom is -0.365 e. The fraction of sp³-hybridized carbons (Fsp3) is 0.214. The van der Waals surface area contributed by atoms with Crippen LogP contribution in [0.2, 0.25) is 9.36 Å². The van der Waals surface area contributed by atoms with Gasteiger partial charge in [-0.3, -0.25) is 4.79 Å². The Kier molecular flexibility index (Phi) is 3.39. The number of aldehydes is 1. The summed E-state index contributed by atoms with van der Waals surface area (Å²) in [6.07, 6.45) is 1.65. The van der Waals surface area contributed by atoms with Crippen LogP contribution in [0.15, 0.2) is 30.3 Å². The minimum absolute atomic E-state index is 0.556. The summed E-state index contributed by atoms with van der Waals surface area (Å²) in [5.41, 5.74) is 1.28. The van der Waals surface area contributed by atoms with Crippen LogP contribution in [0.5, 0.6) is 0 Å². The molecule has 3 rings (SSSR count). The molecular weight excluding hydrogens is 303 g/mol. The molecule has 0 amide bonds. The van der Waals surface area contributed by atoms with E-state index >= 15 is 0 Å². The van der Waals surface area contributed by atoms with Crippen LogP contribution in [0.25, 0.3) is 0 Å². The smallest absolute Gasteiger partial charge is 0.160 e. The second-order valence-electron chi connectivity index (χ2n) is 4.39. The molecule has 0 saturated carbocycles. The topological polar surface area (TPSA) is 26.3 Å². The summed E-state index contributed by atoms with van der Waals surface area (Å²) in [6, 6.07) is 9.38. The number of benzene rings is 1. The predicted octanol–water partition coefficient (Wildman–Crippen LogP) is 4.53. The first-order chi connectivity index (χ1) is 9.15. The highest BCUT2D eigenvalue weighted by molar-refractivity contribution is 7.17. The van der Waals surface area contributed by atoms with Crippen molar-refractivity contribution in [2.75, 3.05) is 6.61 Å². The number of rotatable bonds is 3. The molecule has 98 valence electrons. The average molecular weight is 313 g/mol. The Morgan fingerprint density at radius 2 is 2.11 bits per heavy atom. The molecular formula is C14H10Cl2O2S. The van der Waals surface area contributed by atoms with E-state index in [0.717, 1.165) is 23.8 Å². The molecule has 2 heterocycles. The summed E-state index contributed by atoms with van der Waals surface area (Å²) >= 11 is 13.6. The van der Waals surface area contributed by atoms with Crippen molar-refractivity contribution in [3.05, 3.63) is 55.7 Å². The SMILES string of the molecule is O=Cc1cc(C2(c3cccc(Cl)c3)CCO2)c(Cl)s1. The predicted molar refractivity (Wildman–Crippen MR) is 77.5 cm³/mol. The highest BCUT2D eigenvalue weighted by atomic mass is 35.5. The Hall–Kier alpha value is -0.870. The number of carbonyl (C=O) groups excluding carboxylic acids is 1. The molecule has 19 heavy (non-hydrogen) atoms. The van der Waals surface area contributed by atoms with Gasteiger partial charge in [-0.15, -0.1) is 11.3 Å². The van der Waals surface area contributed by atoms with E-state index in [4.69, 9.17) is 27.9 Å². The third-order valence-corrected chi connectivity index (χ3v) is 4.87. The molecule has 2 aromatic rings. The molecule has 1 aliphatic heterocycles. The molecule has 2 nitrogen and oxygen atoms in total. The fourth-order valence-corrected chi connectivity index (χ4v) is 3.79. The molecule has 0 bridgehead atoms. The Balaban J connectivity index is 2.13. The number of ether oxygens (including phenoxy) is 1. The van der Waals surface area contributed by atoms with E-state index < -0.39 is 5.60 Å². The van der Waals surface area contributed by atoms with Gasteiger partial charge in [0.1, 0.15) is 5.60 Å². The second kappa shape index (κ2) is 4.91. The van der Waals surface area contributed by atoms with Gasteiger partial charge in [0.15, 0.2) is 6.29 Å². The molecule has 0 radical (unpaired) electrons.